The van der Waals surface area contributed by atoms with Gasteiger partial charge in [0.25, 0.3) is 5.56 Å². The fraction of sp³-hybridized carbons (Fsp3) is 0.333. The summed E-state index contributed by atoms with van der Waals surface area (Å²) in [5, 5.41) is 1.75. The summed E-state index contributed by atoms with van der Waals surface area (Å²) >= 11 is 5.56. The number of rotatable bonds is 5. The van der Waals surface area contributed by atoms with Gasteiger partial charge in [-0.1, -0.05) is 11.6 Å². The Morgan fingerprint density at radius 2 is 1.73 bits per heavy atom. The Morgan fingerprint density at radius 1 is 1.13 bits per heavy atom. The van der Waals surface area contributed by atoms with Crippen molar-refractivity contribution in [2.24, 2.45) is 0 Å². The van der Waals surface area contributed by atoms with Crippen molar-refractivity contribution in [3.8, 4) is 0 Å². The van der Waals surface area contributed by atoms with E-state index in [2.05, 4.69) is 5.32 Å². The summed E-state index contributed by atoms with van der Waals surface area (Å²) in [7, 11) is -3.61. The number of hydrogen-bond acceptors (Lipinski definition) is 4. The molecule has 1 N–H and O–H groups in total. The summed E-state index contributed by atoms with van der Waals surface area (Å²) in [5.41, 5.74) is -1.87. The molecule has 2 aromatic rings. The lowest BCUT2D eigenvalue weighted by atomic mass is 10.2. The van der Waals surface area contributed by atoms with Gasteiger partial charge >= 0.3 is 6.18 Å². The monoisotopic (exact) mass is 463 g/mol. The number of halogens is 4. The summed E-state index contributed by atoms with van der Waals surface area (Å²) in [6.07, 6.45) is -2.62. The first kappa shape index (κ1) is 22.3. The number of pyridine rings is 1. The minimum absolute atomic E-state index is 0.0725. The van der Waals surface area contributed by atoms with Gasteiger partial charge < -0.3 is 9.88 Å². The molecule has 0 bridgehead atoms. The van der Waals surface area contributed by atoms with Crippen molar-refractivity contribution < 1.29 is 26.4 Å². The van der Waals surface area contributed by atoms with Gasteiger partial charge in [0, 0.05) is 25.0 Å². The molecule has 12 heteroatoms. The first-order valence-corrected chi connectivity index (χ1v) is 10.7. The molecule has 1 aliphatic heterocycles. The molecule has 0 spiro atoms. The van der Waals surface area contributed by atoms with E-state index in [9.17, 15) is 31.2 Å². The Hall–Kier alpha value is -2.37. The molecule has 1 fully saturated rings. The molecule has 0 aliphatic carbocycles. The predicted octanol–water partition coefficient (Wildman–Crippen LogP) is 2.94. The average Bonchev–Trinajstić information content (AvgIpc) is 3.20. The number of benzene rings is 1. The maximum Gasteiger partial charge on any atom is 0.417 e. The Morgan fingerprint density at radius 3 is 2.30 bits per heavy atom. The van der Waals surface area contributed by atoms with Gasteiger partial charge in [0.15, 0.2) is 0 Å². The van der Waals surface area contributed by atoms with E-state index < -0.39 is 44.8 Å². The van der Waals surface area contributed by atoms with Crippen LogP contribution in [0.5, 0.6) is 0 Å². The van der Waals surface area contributed by atoms with Gasteiger partial charge in [-0.3, -0.25) is 9.59 Å². The summed E-state index contributed by atoms with van der Waals surface area (Å²) < 4.78 is 65.6. The fourth-order valence-corrected chi connectivity index (χ4v) is 4.76. The molecule has 0 radical (unpaired) electrons. The minimum Gasteiger partial charge on any atom is -0.325 e. The molecule has 162 valence electrons. The van der Waals surface area contributed by atoms with E-state index in [0.717, 1.165) is 12.8 Å². The molecule has 7 nitrogen and oxygen atoms in total. The molecule has 30 heavy (non-hydrogen) atoms. The highest BCUT2D eigenvalue weighted by Crippen LogP contribution is 2.29. The van der Waals surface area contributed by atoms with Crippen molar-refractivity contribution >= 4 is 33.2 Å². The molecular weight excluding hydrogens is 447 g/mol. The van der Waals surface area contributed by atoms with Crippen LogP contribution in [0.2, 0.25) is 5.02 Å². The molecular formula is C18H17ClF3N3O4S. The van der Waals surface area contributed by atoms with Crippen molar-refractivity contribution in [3.63, 3.8) is 0 Å². The Kier molecular flexibility index (Phi) is 6.25. The average molecular weight is 464 g/mol. The third-order valence-electron chi connectivity index (χ3n) is 4.52. The maximum atomic E-state index is 12.9. The molecule has 1 aromatic heterocycles. The number of sulfonamides is 1. The zero-order chi connectivity index (χ0) is 22.1. The molecule has 1 saturated heterocycles. The predicted molar refractivity (Wildman–Crippen MR) is 104 cm³/mol. The number of carbonyl (C=O) groups excluding carboxylic acids is 1. The molecule has 0 atom stereocenters. The second-order valence-corrected chi connectivity index (χ2v) is 9.04. The van der Waals surface area contributed by atoms with Crippen molar-refractivity contribution in [2.45, 2.75) is 30.5 Å². The van der Waals surface area contributed by atoms with Crippen molar-refractivity contribution in [1.29, 1.82) is 0 Å². The first-order valence-electron chi connectivity index (χ1n) is 8.86. The first-order chi connectivity index (χ1) is 14.0. The van der Waals surface area contributed by atoms with E-state index in [1.165, 1.54) is 28.6 Å². The van der Waals surface area contributed by atoms with Crippen LogP contribution in [0.4, 0.5) is 18.9 Å². The smallest absolute Gasteiger partial charge is 0.325 e. The standard InChI is InChI=1S/C18H17ClF3N3O4S/c19-15-9-12(18(20,21)22)10-24(17(15)27)11-16(26)23-13-3-5-14(6-4-13)30(28,29)25-7-1-2-8-25/h3-6,9-10H,1-2,7-8,11H2,(H,23,26). The third-order valence-corrected chi connectivity index (χ3v) is 6.71. The van der Waals surface area contributed by atoms with E-state index in [1.807, 2.05) is 0 Å². The lowest BCUT2D eigenvalue weighted by Crippen LogP contribution is -2.29. The van der Waals surface area contributed by atoms with Gasteiger partial charge in [0.2, 0.25) is 15.9 Å². The van der Waals surface area contributed by atoms with Crippen LogP contribution in [0, 0.1) is 0 Å². The lowest BCUT2D eigenvalue weighted by Gasteiger charge is -2.16. The Bertz CT molecular complexity index is 1110. The normalized spacial score (nSPS) is 15.3. The van der Waals surface area contributed by atoms with E-state index in [0.29, 0.717) is 29.9 Å². The van der Waals surface area contributed by atoms with Crippen LogP contribution in [-0.2, 0) is 27.5 Å². The highest BCUT2D eigenvalue weighted by molar-refractivity contribution is 7.89. The minimum atomic E-state index is -4.73. The molecule has 1 amide bonds. The van der Waals surface area contributed by atoms with Gasteiger partial charge in [-0.05, 0) is 43.2 Å². The van der Waals surface area contributed by atoms with Gasteiger partial charge in [0.05, 0.1) is 10.5 Å². The van der Waals surface area contributed by atoms with Crippen molar-refractivity contribution in [1.82, 2.24) is 8.87 Å². The molecule has 1 aliphatic rings. The summed E-state index contributed by atoms with van der Waals surface area (Å²) in [5.74, 6) is -0.775. The largest absolute Gasteiger partial charge is 0.417 e. The summed E-state index contributed by atoms with van der Waals surface area (Å²) in [6.45, 7) is 0.209. The molecule has 0 unspecified atom stereocenters. The third kappa shape index (κ3) is 4.85. The number of anilines is 1. The van der Waals surface area contributed by atoms with Crippen LogP contribution in [0.15, 0.2) is 46.2 Å². The van der Waals surface area contributed by atoms with Crippen LogP contribution in [0.1, 0.15) is 18.4 Å². The molecule has 1 aromatic carbocycles. The van der Waals surface area contributed by atoms with E-state index in [-0.39, 0.29) is 10.6 Å². The second-order valence-electron chi connectivity index (χ2n) is 6.69. The molecule has 0 saturated carbocycles. The molecule has 3 rings (SSSR count). The summed E-state index contributed by atoms with van der Waals surface area (Å²) in [4.78, 5) is 24.2. The van der Waals surface area contributed by atoms with Crippen LogP contribution in [-0.4, -0.2) is 36.3 Å². The summed E-state index contributed by atoms with van der Waals surface area (Å²) in [6, 6.07) is 5.89. The SMILES string of the molecule is O=C(Cn1cc(C(F)(F)F)cc(Cl)c1=O)Nc1ccc(S(=O)(=O)N2CCCC2)cc1. The zero-order valence-electron chi connectivity index (χ0n) is 15.4. The number of nitrogens with zero attached hydrogens (tertiary/aromatic N) is 2. The van der Waals surface area contributed by atoms with E-state index in [1.54, 1.807) is 0 Å². The van der Waals surface area contributed by atoms with E-state index >= 15 is 0 Å². The number of aromatic nitrogens is 1. The number of hydrogen-bond donors (Lipinski definition) is 1. The highest BCUT2D eigenvalue weighted by Gasteiger charge is 2.32. The fourth-order valence-electron chi connectivity index (χ4n) is 3.01. The molecule has 2 heterocycles. The Balaban J connectivity index is 1.73. The number of nitrogens with one attached hydrogen (secondary N) is 1. The van der Waals surface area contributed by atoms with Crippen molar-refractivity contribution in [2.75, 3.05) is 18.4 Å². The van der Waals surface area contributed by atoms with Gasteiger partial charge in [-0.15, -0.1) is 0 Å². The maximum absolute atomic E-state index is 12.9. The van der Waals surface area contributed by atoms with Crippen molar-refractivity contribution in [3.05, 3.63) is 57.5 Å². The zero-order valence-corrected chi connectivity index (χ0v) is 17.0. The van der Waals surface area contributed by atoms with Gasteiger partial charge in [0.1, 0.15) is 11.6 Å². The Labute approximate surface area is 175 Å². The van der Waals surface area contributed by atoms with Gasteiger partial charge in [-0.2, -0.15) is 17.5 Å². The van der Waals surface area contributed by atoms with Crippen LogP contribution < -0.4 is 10.9 Å². The van der Waals surface area contributed by atoms with Crippen LogP contribution in [0.25, 0.3) is 0 Å². The number of carbonyl (C=O) groups is 1. The van der Waals surface area contributed by atoms with Gasteiger partial charge in [-0.25, -0.2) is 8.42 Å². The van der Waals surface area contributed by atoms with E-state index in [4.69, 9.17) is 11.6 Å². The highest BCUT2D eigenvalue weighted by atomic mass is 35.5. The number of amides is 1. The second kappa shape index (κ2) is 8.40. The lowest BCUT2D eigenvalue weighted by molar-refractivity contribution is -0.138. The quantitative estimate of drug-likeness (QED) is 0.738. The topological polar surface area (TPSA) is 88.5 Å². The number of alkyl halides is 3. The van der Waals surface area contributed by atoms with Crippen LogP contribution >= 0.6 is 11.6 Å². The van der Waals surface area contributed by atoms with Crippen LogP contribution in [0.3, 0.4) is 0 Å².